The topological polar surface area (TPSA) is 70.5 Å². The highest BCUT2D eigenvalue weighted by molar-refractivity contribution is 7.10. The van der Waals surface area contributed by atoms with Gasteiger partial charge >= 0.3 is 0 Å². The lowest BCUT2D eigenvalue weighted by Crippen LogP contribution is -2.30. The van der Waals surface area contributed by atoms with Crippen LogP contribution in [0.5, 0.6) is 0 Å². The summed E-state index contributed by atoms with van der Waals surface area (Å²) >= 11 is 1.48. The normalized spacial score (nSPS) is 19.6. The van der Waals surface area contributed by atoms with Gasteiger partial charge in [0.05, 0.1) is 11.6 Å². The van der Waals surface area contributed by atoms with Gasteiger partial charge in [0.2, 0.25) is 0 Å². The summed E-state index contributed by atoms with van der Waals surface area (Å²) in [7, 11) is 0. The number of carbonyl (C=O) groups excluding carboxylic acids is 2. The van der Waals surface area contributed by atoms with Crippen molar-refractivity contribution in [2.45, 2.75) is 32.2 Å². The Labute approximate surface area is 150 Å². The average molecular weight is 356 g/mol. The second-order valence-corrected chi connectivity index (χ2v) is 6.93. The van der Waals surface area contributed by atoms with Gasteiger partial charge in [0.15, 0.2) is 0 Å². The highest BCUT2D eigenvalue weighted by Gasteiger charge is 2.46. The molecule has 0 bridgehead atoms. The second-order valence-electron chi connectivity index (χ2n) is 5.95. The summed E-state index contributed by atoms with van der Waals surface area (Å²) in [4.78, 5) is 31.6. The van der Waals surface area contributed by atoms with Crippen molar-refractivity contribution in [2.75, 3.05) is 6.54 Å². The van der Waals surface area contributed by atoms with Crippen molar-refractivity contribution in [2.24, 2.45) is 0 Å². The monoisotopic (exact) mass is 356 g/mol. The molecule has 1 aliphatic rings. The first-order valence-electron chi connectivity index (χ1n) is 8.37. The predicted octanol–water partition coefficient (Wildman–Crippen LogP) is 3.76. The molecule has 1 saturated heterocycles. The zero-order valence-electron chi connectivity index (χ0n) is 14.0. The molecule has 0 radical (unpaired) electrons. The number of nitrogens with zero attached hydrogens (tertiary/aromatic N) is 2. The molecular formula is C19H20N2O3S. The number of aliphatic hydroxyl groups is 1. The SMILES string of the molecule is CCCCCN1C(=O)C(=O)/C(=C(\O)c2ccncc2)C1c1cccs1. The molecule has 0 aromatic carbocycles. The van der Waals surface area contributed by atoms with Gasteiger partial charge in [-0.05, 0) is 30.0 Å². The number of hydrogen-bond donors (Lipinski definition) is 1. The van der Waals surface area contributed by atoms with E-state index in [4.69, 9.17) is 0 Å². The van der Waals surface area contributed by atoms with Gasteiger partial charge in [-0.2, -0.15) is 0 Å². The molecule has 0 spiro atoms. The molecule has 0 saturated carbocycles. The summed E-state index contributed by atoms with van der Waals surface area (Å²) in [6, 6.07) is 6.52. The smallest absolute Gasteiger partial charge is 0.295 e. The number of Topliss-reactive ketones (excluding diaryl/α,β-unsaturated/α-hetero) is 1. The van der Waals surface area contributed by atoms with Crippen LogP contribution in [0.25, 0.3) is 5.76 Å². The van der Waals surface area contributed by atoms with Gasteiger partial charge in [-0.1, -0.05) is 25.8 Å². The van der Waals surface area contributed by atoms with Crippen LogP contribution in [-0.4, -0.2) is 33.2 Å². The van der Waals surface area contributed by atoms with Crippen LogP contribution in [0.15, 0.2) is 47.6 Å². The number of thiophene rings is 1. The first-order chi connectivity index (χ1) is 12.1. The molecule has 1 atom stereocenters. The number of amides is 1. The van der Waals surface area contributed by atoms with Crippen LogP contribution in [-0.2, 0) is 9.59 Å². The molecule has 5 nitrogen and oxygen atoms in total. The lowest BCUT2D eigenvalue weighted by atomic mass is 10.0. The highest BCUT2D eigenvalue weighted by Crippen LogP contribution is 2.41. The van der Waals surface area contributed by atoms with Gasteiger partial charge in [-0.15, -0.1) is 11.3 Å². The van der Waals surface area contributed by atoms with Gasteiger partial charge < -0.3 is 10.0 Å². The summed E-state index contributed by atoms with van der Waals surface area (Å²) in [6.07, 6.45) is 5.95. The van der Waals surface area contributed by atoms with Crippen molar-refractivity contribution >= 4 is 28.8 Å². The van der Waals surface area contributed by atoms with Crippen LogP contribution >= 0.6 is 11.3 Å². The van der Waals surface area contributed by atoms with E-state index in [-0.39, 0.29) is 11.3 Å². The highest BCUT2D eigenvalue weighted by atomic mass is 32.1. The molecular weight excluding hydrogens is 336 g/mol. The van der Waals surface area contributed by atoms with Gasteiger partial charge in [-0.3, -0.25) is 14.6 Å². The third-order valence-electron chi connectivity index (χ3n) is 4.31. The molecule has 6 heteroatoms. The quantitative estimate of drug-likeness (QED) is 0.370. The number of pyridine rings is 1. The van der Waals surface area contributed by atoms with Crippen LogP contribution in [0, 0.1) is 0 Å². The van der Waals surface area contributed by atoms with E-state index in [2.05, 4.69) is 11.9 Å². The third-order valence-corrected chi connectivity index (χ3v) is 5.23. The van der Waals surface area contributed by atoms with E-state index in [1.54, 1.807) is 29.4 Å². The minimum atomic E-state index is -0.621. The van der Waals surface area contributed by atoms with E-state index in [1.165, 1.54) is 11.3 Å². The summed E-state index contributed by atoms with van der Waals surface area (Å²) < 4.78 is 0. The molecule has 3 rings (SSSR count). The summed E-state index contributed by atoms with van der Waals surface area (Å²) in [6.45, 7) is 2.60. The molecule has 1 amide bonds. The Morgan fingerprint density at radius 1 is 1.24 bits per heavy atom. The lowest BCUT2D eigenvalue weighted by molar-refractivity contribution is -0.139. The van der Waals surface area contributed by atoms with Crippen molar-refractivity contribution in [1.82, 2.24) is 9.88 Å². The summed E-state index contributed by atoms with van der Waals surface area (Å²) in [5, 5.41) is 12.6. The maximum atomic E-state index is 12.6. The minimum Gasteiger partial charge on any atom is -0.507 e. The molecule has 1 aliphatic heterocycles. The van der Waals surface area contributed by atoms with Crippen LogP contribution in [0.2, 0.25) is 0 Å². The first kappa shape index (κ1) is 17.4. The molecule has 1 unspecified atom stereocenters. The van der Waals surface area contributed by atoms with Crippen LogP contribution in [0.1, 0.15) is 42.7 Å². The Morgan fingerprint density at radius 3 is 2.64 bits per heavy atom. The zero-order valence-corrected chi connectivity index (χ0v) is 14.8. The molecule has 1 fully saturated rings. The summed E-state index contributed by atoms with van der Waals surface area (Å²) in [5.41, 5.74) is 0.651. The van der Waals surface area contributed by atoms with E-state index in [0.717, 1.165) is 24.1 Å². The Bertz CT molecular complexity index is 784. The summed E-state index contributed by atoms with van der Waals surface area (Å²) in [5.74, 6) is -1.30. The van der Waals surface area contributed by atoms with E-state index < -0.39 is 17.7 Å². The fourth-order valence-electron chi connectivity index (χ4n) is 3.05. The van der Waals surface area contributed by atoms with Crippen LogP contribution < -0.4 is 0 Å². The molecule has 2 aromatic rings. The van der Waals surface area contributed by atoms with E-state index in [1.807, 2.05) is 17.5 Å². The molecule has 130 valence electrons. The van der Waals surface area contributed by atoms with Gasteiger partial charge in [0.25, 0.3) is 11.7 Å². The van der Waals surface area contributed by atoms with Gasteiger partial charge in [0.1, 0.15) is 5.76 Å². The Balaban J connectivity index is 2.06. The molecule has 2 aromatic heterocycles. The van der Waals surface area contributed by atoms with Crippen molar-refractivity contribution < 1.29 is 14.7 Å². The number of aromatic nitrogens is 1. The second kappa shape index (κ2) is 7.61. The fraction of sp³-hybridized carbons (Fsp3) is 0.316. The Kier molecular flexibility index (Phi) is 5.28. The minimum absolute atomic E-state index is 0.142. The molecule has 3 heterocycles. The van der Waals surface area contributed by atoms with Crippen molar-refractivity contribution in [3.63, 3.8) is 0 Å². The van der Waals surface area contributed by atoms with Crippen molar-refractivity contribution in [1.29, 1.82) is 0 Å². The molecule has 0 aliphatic carbocycles. The molecule has 25 heavy (non-hydrogen) atoms. The maximum Gasteiger partial charge on any atom is 0.295 e. The predicted molar refractivity (Wildman–Crippen MR) is 97.1 cm³/mol. The number of hydrogen-bond acceptors (Lipinski definition) is 5. The first-order valence-corrected chi connectivity index (χ1v) is 9.25. The zero-order chi connectivity index (χ0) is 17.8. The van der Waals surface area contributed by atoms with Gasteiger partial charge in [-0.25, -0.2) is 0 Å². The number of carbonyl (C=O) groups is 2. The van der Waals surface area contributed by atoms with Crippen LogP contribution in [0.4, 0.5) is 0 Å². The largest absolute Gasteiger partial charge is 0.507 e. The van der Waals surface area contributed by atoms with E-state index in [0.29, 0.717) is 12.1 Å². The maximum absolute atomic E-state index is 12.6. The number of rotatable bonds is 6. The molecule has 1 N–H and O–H groups in total. The fourth-order valence-corrected chi connectivity index (χ4v) is 3.90. The number of ketones is 1. The average Bonchev–Trinajstić information content (AvgIpc) is 3.24. The van der Waals surface area contributed by atoms with Crippen molar-refractivity contribution in [3.8, 4) is 0 Å². The standard InChI is InChI=1S/C19H20N2O3S/c1-2-3-4-11-21-16(14-6-5-12-25-14)15(18(23)19(21)24)17(22)13-7-9-20-10-8-13/h5-10,12,16,22H,2-4,11H2,1H3/b17-15-. The van der Waals surface area contributed by atoms with E-state index in [9.17, 15) is 14.7 Å². The van der Waals surface area contributed by atoms with Gasteiger partial charge in [0, 0.05) is 29.4 Å². The Hall–Kier alpha value is -2.47. The number of likely N-dealkylation sites (tertiary alicyclic amines) is 1. The Morgan fingerprint density at radius 2 is 2.00 bits per heavy atom. The number of unbranched alkanes of at least 4 members (excludes halogenated alkanes) is 2. The lowest BCUT2D eigenvalue weighted by Gasteiger charge is -2.24. The number of aliphatic hydroxyl groups excluding tert-OH is 1. The van der Waals surface area contributed by atoms with Crippen molar-refractivity contribution in [3.05, 3.63) is 58.1 Å². The van der Waals surface area contributed by atoms with E-state index >= 15 is 0 Å². The third kappa shape index (κ3) is 3.35. The van der Waals surface area contributed by atoms with Crippen LogP contribution in [0.3, 0.4) is 0 Å².